The molecule has 9 heteroatoms. The highest BCUT2D eigenvalue weighted by Crippen LogP contribution is 2.31. The van der Waals surface area contributed by atoms with Gasteiger partial charge < -0.3 is 15.0 Å². The zero-order valence-electron chi connectivity index (χ0n) is 18.9. The number of methoxy groups -OCH3 is 1. The normalized spacial score (nSPS) is 15.4. The number of nitrogens with one attached hydrogen (secondary N) is 1. The highest BCUT2D eigenvalue weighted by molar-refractivity contribution is 5.95. The second kappa shape index (κ2) is 9.72. The first-order valence-electron chi connectivity index (χ1n) is 10.8. The third-order valence-corrected chi connectivity index (χ3v) is 5.69. The van der Waals surface area contributed by atoms with Gasteiger partial charge in [-0.25, -0.2) is 15.0 Å². The number of carbonyl (C=O) groups excluding carboxylic acids is 2. The summed E-state index contributed by atoms with van der Waals surface area (Å²) >= 11 is 0. The standard InChI is InChI=1S/C24H26N6O3/c1-15-11-26-19(14-25-15)24(32)30-10-6-8-20(30)22-27-13-18(16(2)29-22)23(31)28-12-17-7-4-5-9-21(17)33-3/h4-5,7,9,11,13-14,20H,6,8,10,12H2,1-3H3,(H,28,31). The van der Waals surface area contributed by atoms with Gasteiger partial charge in [-0.1, -0.05) is 18.2 Å². The molecule has 0 aliphatic carbocycles. The second-order valence-corrected chi connectivity index (χ2v) is 7.92. The molecule has 1 aromatic carbocycles. The maximum Gasteiger partial charge on any atom is 0.274 e. The summed E-state index contributed by atoms with van der Waals surface area (Å²) in [5.41, 5.74) is 2.89. The number of rotatable bonds is 6. The average molecular weight is 447 g/mol. The molecule has 1 aliphatic heterocycles. The summed E-state index contributed by atoms with van der Waals surface area (Å²) in [6.07, 6.45) is 6.21. The zero-order chi connectivity index (χ0) is 23.4. The molecule has 3 aromatic rings. The summed E-state index contributed by atoms with van der Waals surface area (Å²) in [6.45, 7) is 4.52. The average Bonchev–Trinajstić information content (AvgIpc) is 3.32. The molecular weight excluding hydrogens is 420 g/mol. The van der Waals surface area contributed by atoms with E-state index in [0.29, 0.717) is 41.6 Å². The first-order chi connectivity index (χ1) is 16.0. The number of amides is 2. The number of hydrogen-bond acceptors (Lipinski definition) is 7. The maximum atomic E-state index is 13.0. The van der Waals surface area contributed by atoms with Crippen LogP contribution in [0.2, 0.25) is 0 Å². The third kappa shape index (κ3) is 4.82. The van der Waals surface area contributed by atoms with Crippen LogP contribution in [0.25, 0.3) is 0 Å². The lowest BCUT2D eigenvalue weighted by atomic mass is 10.1. The predicted octanol–water partition coefficient (Wildman–Crippen LogP) is 2.80. The molecule has 1 aliphatic rings. The molecule has 1 atom stereocenters. The van der Waals surface area contributed by atoms with Crippen LogP contribution in [0.1, 0.15) is 62.5 Å². The minimum absolute atomic E-state index is 0.190. The fourth-order valence-corrected chi connectivity index (χ4v) is 3.92. The number of benzene rings is 1. The largest absolute Gasteiger partial charge is 0.496 e. The molecule has 3 heterocycles. The number of hydrogen-bond donors (Lipinski definition) is 1. The number of likely N-dealkylation sites (tertiary alicyclic amines) is 1. The predicted molar refractivity (Wildman–Crippen MR) is 121 cm³/mol. The lowest BCUT2D eigenvalue weighted by Crippen LogP contribution is -2.32. The van der Waals surface area contributed by atoms with Crippen LogP contribution < -0.4 is 10.1 Å². The topological polar surface area (TPSA) is 110 Å². The first kappa shape index (κ1) is 22.3. The van der Waals surface area contributed by atoms with E-state index in [4.69, 9.17) is 4.74 Å². The molecule has 0 radical (unpaired) electrons. The lowest BCUT2D eigenvalue weighted by molar-refractivity contribution is 0.0722. The van der Waals surface area contributed by atoms with Gasteiger partial charge in [0.2, 0.25) is 0 Å². The molecular formula is C24H26N6O3. The van der Waals surface area contributed by atoms with Gasteiger partial charge in [-0.2, -0.15) is 0 Å². The Kier molecular flexibility index (Phi) is 6.58. The Hall–Kier alpha value is -3.88. The minimum Gasteiger partial charge on any atom is -0.496 e. The van der Waals surface area contributed by atoms with E-state index in [1.165, 1.54) is 12.4 Å². The van der Waals surface area contributed by atoms with E-state index in [0.717, 1.165) is 24.1 Å². The SMILES string of the molecule is COc1ccccc1CNC(=O)c1cnc(C2CCCN2C(=O)c2cnc(C)cn2)nc1C. The summed E-state index contributed by atoms with van der Waals surface area (Å²) in [7, 11) is 1.60. The van der Waals surface area contributed by atoms with Crippen LogP contribution in [0, 0.1) is 13.8 Å². The van der Waals surface area contributed by atoms with Crippen molar-refractivity contribution < 1.29 is 14.3 Å². The summed E-state index contributed by atoms with van der Waals surface area (Å²) in [5.74, 6) is 0.786. The van der Waals surface area contributed by atoms with Gasteiger partial charge in [0.1, 0.15) is 11.4 Å². The van der Waals surface area contributed by atoms with Gasteiger partial charge in [-0.15, -0.1) is 0 Å². The van der Waals surface area contributed by atoms with Crippen LogP contribution in [-0.2, 0) is 6.54 Å². The van der Waals surface area contributed by atoms with Crippen molar-refractivity contribution in [3.05, 3.63) is 76.9 Å². The van der Waals surface area contributed by atoms with Crippen LogP contribution in [0.3, 0.4) is 0 Å². The summed E-state index contributed by atoms with van der Waals surface area (Å²) < 4.78 is 5.33. The number of carbonyl (C=O) groups is 2. The van der Waals surface area contributed by atoms with Crippen molar-refractivity contribution in [3.63, 3.8) is 0 Å². The van der Waals surface area contributed by atoms with Crippen molar-refractivity contribution in [1.82, 2.24) is 30.2 Å². The second-order valence-electron chi connectivity index (χ2n) is 7.92. The number of nitrogens with zero attached hydrogens (tertiary/aromatic N) is 5. The number of para-hydroxylation sites is 1. The Bertz CT molecular complexity index is 1170. The van der Waals surface area contributed by atoms with Gasteiger partial charge in [-0.05, 0) is 32.8 Å². The molecule has 1 N–H and O–H groups in total. The van der Waals surface area contributed by atoms with Crippen molar-refractivity contribution in [3.8, 4) is 5.75 Å². The minimum atomic E-state index is -0.265. The Labute approximate surface area is 192 Å². The van der Waals surface area contributed by atoms with Crippen molar-refractivity contribution >= 4 is 11.8 Å². The quantitative estimate of drug-likeness (QED) is 0.620. The van der Waals surface area contributed by atoms with Crippen molar-refractivity contribution in [1.29, 1.82) is 0 Å². The van der Waals surface area contributed by atoms with Crippen LogP contribution in [0.15, 0.2) is 42.9 Å². The van der Waals surface area contributed by atoms with Crippen LogP contribution in [0.5, 0.6) is 5.75 Å². The highest BCUT2D eigenvalue weighted by Gasteiger charge is 2.33. The fraction of sp³-hybridized carbons (Fsp3) is 0.333. The van der Waals surface area contributed by atoms with Gasteiger partial charge >= 0.3 is 0 Å². The van der Waals surface area contributed by atoms with E-state index in [-0.39, 0.29) is 17.9 Å². The molecule has 1 unspecified atom stereocenters. The molecule has 1 fully saturated rings. The van der Waals surface area contributed by atoms with Gasteiger partial charge in [0.05, 0.1) is 36.3 Å². The Morgan fingerprint density at radius 2 is 1.94 bits per heavy atom. The van der Waals surface area contributed by atoms with E-state index < -0.39 is 0 Å². The zero-order valence-corrected chi connectivity index (χ0v) is 18.9. The monoisotopic (exact) mass is 446 g/mol. The van der Waals surface area contributed by atoms with E-state index >= 15 is 0 Å². The van der Waals surface area contributed by atoms with Crippen molar-refractivity contribution in [2.45, 2.75) is 39.3 Å². The number of ether oxygens (including phenoxy) is 1. The summed E-state index contributed by atoms with van der Waals surface area (Å²) in [4.78, 5) is 44.8. The van der Waals surface area contributed by atoms with Gasteiger partial charge in [0.15, 0.2) is 5.82 Å². The van der Waals surface area contributed by atoms with Gasteiger partial charge in [0.25, 0.3) is 11.8 Å². The molecule has 0 saturated carbocycles. The molecule has 33 heavy (non-hydrogen) atoms. The maximum absolute atomic E-state index is 13.0. The number of aromatic nitrogens is 4. The third-order valence-electron chi connectivity index (χ3n) is 5.69. The smallest absolute Gasteiger partial charge is 0.274 e. The van der Waals surface area contributed by atoms with Crippen molar-refractivity contribution in [2.24, 2.45) is 0 Å². The Morgan fingerprint density at radius 1 is 1.12 bits per heavy atom. The molecule has 0 bridgehead atoms. The van der Waals surface area contributed by atoms with Crippen LogP contribution >= 0.6 is 0 Å². The van der Waals surface area contributed by atoms with Gasteiger partial charge in [0, 0.05) is 31.0 Å². The molecule has 1 saturated heterocycles. The summed E-state index contributed by atoms with van der Waals surface area (Å²) in [6, 6.07) is 7.26. The number of aryl methyl sites for hydroxylation is 2. The molecule has 2 aromatic heterocycles. The first-order valence-corrected chi connectivity index (χ1v) is 10.8. The molecule has 0 spiro atoms. The van der Waals surface area contributed by atoms with Crippen LogP contribution in [0.4, 0.5) is 0 Å². The summed E-state index contributed by atoms with van der Waals surface area (Å²) in [5, 5.41) is 2.89. The van der Waals surface area contributed by atoms with E-state index in [2.05, 4.69) is 25.3 Å². The molecule has 4 rings (SSSR count). The lowest BCUT2D eigenvalue weighted by Gasteiger charge is -2.23. The highest BCUT2D eigenvalue weighted by atomic mass is 16.5. The van der Waals surface area contributed by atoms with E-state index in [9.17, 15) is 9.59 Å². The Balaban J connectivity index is 1.47. The molecule has 9 nitrogen and oxygen atoms in total. The van der Waals surface area contributed by atoms with E-state index in [1.54, 1.807) is 25.1 Å². The Morgan fingerprint density at radius 3 is 2.67 bits per heavy atom. The van der Waals surface area contributed by atoms with Crippen molar-refractivity contribution in [2.75, 3.05) is 13.7 Å². The van der Waals surface area contributed by atoms with Gasteiger partial charge in [-0.3, -0.25) is 14.6 Å². The van der Waals surface area contributed by atoms with E-state index in [1.807, 2.05) is 31.2 Å². The fourth-order valence-electron chi connectivity index (χ4n) is 3.92. The van der Waals surface area contributed by atoms with Crippen LogP contribution in [-0.4, -0.2) is 50.3 Å². The molecule has 2 amide bonds. The molecule has 170 valence electrons.